The Kier molecular flexibility index (Phi) is 4.61. The quantitative estimate of drug-likeness (QED) is 0.674. The number of aromatic nitrogens is 2. The molecule has 1 unspecified atom stereocenters. The van der Waals surface area contributed by atoms with Crippen molar-refractivity contribution in [1.82, 2.24) is 14.7 Å². The summed E-state index contributed by atoms with van der Waals surface area (Å²) in [5, 5.41) is 6.61. The third kappa shape index (κ3) is 3.54. The molecule has 6 nitrogen and oxygen atoms in total. The van der Waals surface area contributed by atoms with Crippen molar-refractivity contribution in [2.75, 3.05) is 18.6 Å². The Hall–Kier alpha value is -2.45. The number of sulfone groups is 1. The van der Waals surface area contributed by atoms with Gasteiger partial charge in [-0.05, 0) is 36.1 Å². The van der Waals surface area contributed by atoms with Crippen LogP contribution in [0.25, 0.3) is 16.3 Å². The molecule has 0 N–H and O–H groups in total. The first kappa shape index (κ1) is 17.9. The summed E-state index contributed by atoms with van der Waals surface area (Å²) in [6, 6.07) is 14.9. The fourth-order valence-electron chi connectivity index (χ4n) is 3.27. The summed E-state index contributed by atoms with van der Waals surface area (Å²) >= 11 is 1.56. The van der Waals surface area contributed by atoms with Gasteiger partial charge in [0.2, 0.25) is 0 Å². The Morgan fingerprint density at radius 2 is 2.00 bits per heavy atom. The van der Waals surface area contributed by atoms with E-state index in [-0.39, 0.29) is 23.5 Å². The van der Waals surface area contributed by atoms with Crippen LogP contribution in [0.15, 0.2) is 53.9 Å². The zero-order valence-electron chi connectivity index (χ0n) is 14.8. The second kappa shape index (κ2) is 6.94. The molecule has 4 rings (SSSR count). The van der Waals surface area contributed by atoms with E-state index in [1.165, 1.54) is 0 Å². The third-order valence-electron chi connectivity index (χ3n) is 4.78. The molecular weight excluding hydrogens is 382 g/mol. The van der Waals surface area contributed by atoms with Crippen molar-refractivity contribution < 1.29 is 13.2 Å². The average molecular weight is 402 g/mol. The SMILES string of the molecule is CN(C(=O)c1cc(-c2cccs2)nn1-c1ccccc1)C1CCS(=O)(=O)C1. The zero-order valence-corrected chi connectivity index (χ0v) is 16.4. The molecule has 1 aliphatic heterocycles. The number of nitrogens with zero attached hydrogens (tertiary/aromatic N) is 3. The van der Waals surface area contributed by atoms with Gasteiger partial charge in [-0.2, -0.15) is 5.10 Å². The van der Waals surface area contributed by atoms with E-state index in [9.17, 15) is 13.2 Å². The van der Waals surface area contributed by atoms with Crippen LogP contribution >= 0.6 is 11.3 Å². The number of hydrogen-bond donors (Lipinski definition) is 0. The average Bonchev–Trinajstić information content (AvgIpc) is 3.40. The molecule has 27 heavy (non-hydrogen) atoms. The molecule has 0 radical (unpaired) electrons. The van der Waals surface area contributed by atoms with Crippen LogP contribution in [0, 0.1) is 0 Å². The summed E-state index contributed by atoms with van der Waals surface area (Å²) < 4.78 is 25.2. The molecule has 1 saturated heterocycles. The number of carbonyl (C=O) groups is 1. The molecular formula is C19H19N3O3S2. The van der Waals surface area contributed by atoms with E-state index in [2.05, 4.69) is 5.10 Å². The van der Waals surface area contributed by atoms with Gasteiger partial charge in [-0.15, -0.1) is 11.3 Å². The first-order chi connectivity index (χ1) is 12.9. The zero-order chi connectivity index (χ0) is 19.0. The summed E-state index contributed by atoms with van der Waals surface area (Å²) in [7, 11) is -1.40. The monoisotopic (exact) mass is 401 g/mol. The Labute approximate surface area is 162 Å². The minimum Gasteiger partial charge on any atom is -0.336 e. The van der Waals surface area contributed by atoms with Crippen molar-refractivity contribution in [3.8, 4) is 16.3 Å². The van der Waals surface area contributed by atoms with E-state index < -0.39 is 9.84 Å². The van der Waals surface area contributed by atoms with Crippen LogP contribution in [0.4, 0.5) is 0 Å². The highest BCUT2D eigenvalue weighted by atomic mass is 32.2. The summed E-state index contributed by atoms with van der Waals surface area (Å²) in [5.41, 5.74) is 1.94. The summed E-state index contributed by atoms with van der Waals surface area (Å²) in [4.78, 5) is 15.7. The molecule has 1 aromatic carbocycles. The van der Waals surface area contributed by atoms with Gasteiger partial charge in [0.1, 0.15) is 11.4 Å². The van der Waals surface area contributed by atoms with Gasteiger partial charge < -0.3 is 4.90 Å². The van der Waals surface area contributed by atoms with E-state index in [4.69, 9.17) is 0 Å². The number of amides is 1. The van der Waals surface area contributed by atoms with Gasteiger partial charge in [-0.1, -0.05) is 24.3 Å². The van der Waals surface area contributed by atoms with Gasteiger partial charge in [0.25, 0.3) is 5.91 Å². The number of thiophene rings is 1. The van der Waals surface area contributed by atoms with Gasteiger partial charge in [-0.25, -0.2) is 13.1 Å². The van der Waals surface area contributed by atoms with Crippen molar-refractivity contribution in [3.63, 3.8) is 0 Å². The fraction of sp³-hybridized carbons (Fsp3) is 0.263. The number of rotatable bonds is 4. The molecule has 1 amide bonds. The summed E-state index contributed by atoms with van der Waals surface area (Å²) in [5.74, 6) is -0.0727. The van der Waals surface area contributed by atoms with E-state index in [0.29, 0.717) is 12.1 Å². The minimum atomic E-state index is -3.06. The van der Waals surface area contributed by atoms with Crippen LogP contribution < -0.4 is 0 Å². The van der Waals surface area contributed by atoms with Gasteiger partial charge in [0.15, 0.2) is 9.84 Å². The maximum absolute atomic E-state index is 13.2. The maximum Gasteiger partial charge on any atom is 0.272 e. The minimum absolute atomic E-state index is 0.0203. The van der Waals surface area contributed by atoms with Crippen LogP contribution in [-0.2, 0) is 9.84 Å². The smallest absolute Gasteiger partial charge is 0.272 e. The molecule has 2 aromatic heterocycles. The maximum atomic E-state index is 13.2. The number of carbonyl (C=O) groups excluding carboxylic acids is 1. The predicted octanol–water partition coefficient (Wildman–Crippen LogP) is 2.86. The molecule has 1 aliphatic rings. The van der Waals surface area contributed by atoms with E-state index in [0.717, 1.165) is 16.3 Å². The van der Waals surface area contributed by atoms with Gasteiger partial charge in [0.05, 0.1) is 22.1 Å². The first-order valence-corrected chi connectivity index (χ1v) is 11.3. The van der Waals surface area contributed by atoms with Crippen LogP contribution in [0.2, 0.25) is 0 Å². The highest BCUT2D eigenvalue weighted by Crippen LogP contribution is 2.27. The molecule has 0 aliphatic carbocycles. The lowest BCUT2D eigenvalue weighted by Gasteiger charge is -2.23. The summed E-state index contributed by atoms with van der Waals surface area (Å²) in [6.45, 7) is 0. The van der Waals surface area contributed by atoms with Crippen molar-refractivity contribution >= 4 is 27.1 Å². The van der Waals surface area contributed by atoms with Crippen LogP contribution in [0.1, 0.15) is 16.9 Å². The standard InChI is InChI=1S/C19H19N3O3S2/c1-21(15-9-11-27(24,25)13-15)19(23)17-12-16(18-8-5-10-26-18)20-22(17)14-6-3-2-4-7-14/h2-8,10,12,15H,9,11,13H2,1H3. The Balaban J connectivity index is 1.73. The van der Waals surface area contributed by atoms with E-state index in [1.54, 1.807) is 34.0 Å². The number of para-hydroxylation sites is 1. The second-order valence-corrected chi connectivity index (χ2v) is 9.79. The molecule has 0 saturated carbocycles. The number of hydrogen-bond acceptors (Lipinski definition) is 5. The lowest BCUT2D eigenvalue weighted by molar-refractivity contribution is 0.0738. The van der Waals surface area contributed by atoms with Crippen LogP contribution in [-0.4, -0.2) is 53.6 Å². The highest BCUT2D eigenvalue weighted by molar-refractivity contribution is 7.91. The van der Waals surface area contributed by atoms with E-state index >= 15 is 0 Å². The largest absolute Gasteiger partial charge is 0.336 e. The van der Waals surface area contributed by atoms with Crippen LogP contribution in [0.3, 0.4) is 0 Å². The van der Waals surface area contributed by atoms with Crippen LogP contribution in [0.5, 0.6) is 0 Å². The first-order valence-electron chi connectivity index (χ1n) is 8.61. The molecule has 3 heterocycles. The summed E-state index contributed by atoms with van der Waals surface area (Å²) in [6.07, 6.45) is 0.474. The second-order valence-electron chi connectivity index (χ2n) is 6.61. The Bertz CT molecular complexity index is 1060. The molecule has 0 bridgehead atoms. The lowest BCUT2D eigenvalue weighted by atomic mass is 10.2. The molecule has 0 spiro atoms. The third-order valence-corrected chi connectivity index (χ3v) is 7.42. The topological polar surface area (TPSA) is 72.3 Å². The molecule has 8 heteroatoms. The predicted molar refractivity (Wildman–Crippen MR) is 106 cm³/mol. The van der Waals surface area contributed by atoms with Gasteiger partial charge in [-0.3, -0.25) is 4.79 Å². The molecule has 1 atom stereocenters. The van der Waals surface area contributed by atoms with Crippen molar-refractivity contribution in [2.24, 2.45) is 0 Å². The fourth-order valence-corrected chi connectivity index (χ4v) is 5.73. The van der Waals surface area contributed by atoms with Gasteiger partial charge >= 0.3 is 0 Å². The van der Waals surface area contributed by atoms with Crippen molar-refractivity contribution in [3.05, 3.63) is 59.6 Å². The lowest BCUT2D eigenvalue weighted by Crippen LogP contribution is -2.38. The normalized spacial score (nSPS) is 18.5. The molecule has 1 fully saturated rings. The van der Waals surface area contributed by atoms with Crippen molar-refractivity contribution in [1.29, 1.82) is 0 Å². The number of benzene rings is 1. The van der Waals surface area contributed by atoms with Gasteiger partial charge in [0, 0.05) is 13.1 Å². The van der Waals surface area contributed by atoms with Crippen molar-refractivity contribution in [2.45, 2.75) is 12.5 Å². The Morgan fingerprint density at radius 3 is 2.63 bits per heavy atom. The molecule has 3 aromatic rings. The highest BCUT2D eigenvalue weighted by Gasteiger charge is 2.34. The Morgan fingerprint density at radius 1 is 1.22 bits per heavy atom. The molecule has 140 valence electrons. The van der Waals surface area contributed by atoms with E-state index in [1.807, 2.05) is 47.8 Å².